The summed E-state index contributed by atoms with van der Waals surface area (Å²) >= 11 is 0. The number of allylic oxidation sites excluding steroid dienone is 1. The predicted molar refractivity (Wildman–Crippen MR) is 90.9 cm³/mol. The van der Waals surface area contributed by atoms with Crippen molar-refractivity contribution in [3.05, 3.63) is 47.2 Å². The molecule has 0 saturated heterocycles. The van der Waals surface area contributed by atoms with Crippen molar-refractivity contribution in [2.45, 2.75) is 46.8 Å². The summed E-state index contributed by atoms with van der Waals surface area (Å²) in [7, 11) is 0. The first kappa shape index (κ1) is 15.6. The van der Waals surface area contributed by atoms with Gasteiger partial charge in [0.05, 0.1) is 13.5 Å². The van der Waals surface area contributed by atoms with E-state index in [4.69, 9.17) is 1.37 Å². The Labute approximate surface area is 140 Å². The zero-order chi connectivity index (χ0) is 18.1. The van der Waals surface area contributed by atoms with E-state index in [-0.39, 0.29) is 17.9 Å². The van der Waals surface area contributed by atoms with Gasteiger partial charge in [-0.25, -0.2) is 0 Å². The van der Waals surface area contributed by atoms with Crippen LogP contribution in [0.5, 0.6) is 0 Å². The Hall–Kier alpha value is -2.28. The lowest BCUT2D eigenvalue weighted by Gasteiger charge is -2.36. The minimum Gasteiger partial charge on any atom is -0.347 e. The number of carbonyl (C=O) groups excluding carboxylic acids is 1. The summed E-state index contributed by atoms with van der Waals surface area (Å²) < 4.78 is 8.99. The minimum atomic E-state index is -1.50. The van der Waals surface area contributed by atoms with Crippen LogP contribution in [0.25, 0.3) is 0 Å². The van der Waals surface area contributed by atoms with Crippen molar-refractivity contribution < 1.29 is 6.17 Å². The van der Waals surface area contributed by atoms with Gasteiger partial charge in [-0.2, -0.15) is 5.26 Å². The van der Waals surface area contributed by atoms with E-state index in [2.05, 4.69) is 11.4 Å². The van der Waals surface area contributed by atoms with E-state index in [1.54, 1.807) is 13.8 Å². The number of hydrogen-bond donors (Lipinski definition) is 1. The number of benzene rings is 1. The quantitative estimate of drug-likeness (QED) is 0.924. The summed E-state index contributed by atoms with van der Waals surface area (Å²) in [6, 6.07) is 11.9. The van der Waals surface area contributed by atoms with Crippen LogP contribution in [0.15, 0.2) is 41.6 Å². The summed E-state index contributed by atoms with van der Waals surface area (Å²) in [5, 5.41) is 12.4. The molecule has 3 unspecified atom stereocenters. The van der Waals surface area contributed by atoms with Crippen LogP contribution in [0.3, 0.4) is 0 Å². The van der Waals surface area contributed by atoms with Crippen LogP contribution in [0.1, 0.15) is 47.6 Å². The van der Waals surface area contributed by atoms with Crippen molar-refractivity contribution in [1.29, 1.82) is 5.26 Å². The number of hydrogen-bond acceptors (Lipinski definition) is 3. The first-order valence-electron chi connectivity index (χ1n) is 8.47. The van der Waals surface area contributed by atoms with Gasteiger partial charge >= 0.3 is 0 Å². The molecule has 23 heavy (non-hydrogen) atoms. The maximum absolute atomic E-state index is 12.3. The van der Waals surface area contributed by atoms with Crippen LogP contribution in [0, 0.1) is 23.2 Å². The van der Waals surface area contributed by atoms with E-state index in [9.17, 15) is 10.1 Å². The standard InChI is InChI=1S/C19H25N3O/c1-12(2)19(23)21-18-17(11-20)13(3)14(4)22(18)15(5)16-9-7-6-8-10-16/h6-10,12,15,17-18H,1-5H3,(H,21,23)/i18D. The first-order chi connectivity index (χ1) is 11.2. The fraction of sp³-hybridized carbons (Fsp3) is 0.474. The molecule has 4 nitrogen and oxygen atoms in total. The smallest absolute Gasteiger partial charge is 0.224 e. The third-order valence-electron chi connectivity index (χ3n) is 4.47. The molecule has 4 heteroatoms. The Morgan fingerprint density at radius 2 is 1.91 bits per heavy atom. The Morgan fingerprint density at radius 3 is 2.43 bits per heavy atom. The average molecular weight is 312 g/mol. The molecule has 2 rings (SSSR count). The molecule has 1 aliphatic rings. The first-order valence-corrected chi connectivity index (χ1v) is 7.97. The number of amides is 1. The minimum absolute atomic E-state index is 0.135. The molecule has 1 amide bonds. The van der Waals surface area contributed by atoms with Crippen molar-refractivity contribution >= 4 is 5.91 Å². The highest BCUT2D eigenvalue weighted by Crippen LogP contribution is 2.38. The van der Waals surface area contributed by atoms with Gasteiger partial charge in [0, 0.05) is 11.6 Å². The zero-order valence-electron chi connectivity index (χ0n) is 15.4. The second-order valence-electron chi connectivity index (χ2n) is 6.32. The molecular formula is C19H25N3O. The SMILES string of the molecule is [2H]C1(NC(=O)C(C)C)C(C#N)C(C)=C(C)N1C(C)c1ccccc1. The molecule has 0 aromatic heterocycles. The fourth-order valence-corrected chi connectivity index (χ4v) is 2.86. The highest BCUT2D eigenvalue weighted by Gasteiger charge is 2.40. The van der Waals surface area contributed by atoms with Crippen molar-refractivity contribution in [3.63, 3.8) is 0 Å². The molecule has 0 saturated carbocycles. The molecule has 1 aromatic rings. The third kappa shape index (κ3) is 3.24. The highest BCUT2D eigenvalue weighted by molar-refractivity contribution is 5.78. The lowest BCUT2D eigenvalue weighted by molar-refractivity contribution is -0.126. The maximum Gasteiger partial charge on any atom is 0.224 e. The van der Waals surface area contributed by atoms with Crippen molar-refractivity contribution in [2.75, 3.05) is 0 Å². The van der Waals surface area contributed by atoms with Crippen LogP contribution in [0.2, 0.25) is 0 Å². The average Bonchev–Trinajstić information content (AvgIpc) is 2.73. The molecule has 122 valence electrons. The van der Waals surface area contributed by atoms with E-state index < -0.39 is 12.1 Å². The molecule has 0 fully saturated rings. The maximum atomic E-state index is 12.3. The largest absolute Gasteiger partial charge is 0.347 e. The predicted octanol–water partition coefficient (Wildman–Crippen LogP) is 3.60. The lowest BCUT2D eigenvalue weighted by Crippen LogP contribution is -2.49. The molecule has 0 bridgehead atoms. The Bertz CT molecular complexity index is 692. The second kappa shape index (κ2) is 6.87. The topological polar surface area (TPSA) is 56.1 Å². The molecular weight excluding hydrogens is 286 g/mol. The van der Waals surface area contributed by atoms with Gasteiger partial charge in [-0.1, -0.05) is 44.2 Å². The van der Waals surface area contributed by atoms with E-state index in [0.717, 1.165) is 16.8 Å². The summed E-state index contributed by atoms with van der Waals surface area (Å²) in [5.74, 6) is -1.17. The van der Waals surface area contributed by atoms with E-state index in [1.165, 1.54) is 0 Å². The Balaban J connectivity index is 2.49. The lowest BCUT2D eigenvalue weighted by atomic mass is 10.0. The summed E-state index contributed by atoms with van der Waals surface area (Å²) in [4.78, 5) is 14.2. The van der Waals surface area contributed by atoms with Gasteiger partial charge in [0.1, 0.15) is 12.1 Å². The van der Waals surface area contributed by atoms with E-state index >= 15 is 0 Å². The van der Waals surface area contributed by atoms with Gasteiger partial charge < -0.3 is 10.2 Å². The molecule has 1 aliphatic heterocycles. The number of nitriles is 1. The molecule has 0 radical (unpaired) electrons. The van der Waals surface area contributed by atoms with Crippen LogP contribution >= 0.6 is 0 Å². The normalized spacial score (nSPS) is 26.0. The highest BCUT2D eigenvalue weighted by atomic mass is 16.2. The van der Waals surface area contributed by atoms with Gasteiger partial charge in [0.2, 0.25) is 5.91 Å². The van der Waals surface area contributed by atoms with E-state index in [1.807, 2.05) is 56.0 Å². The monoisotopic (exact) mass is 312 g/mol. The molecule has 1 aromatic carbocycles. The molecule has 1 heterocycles. The van der Waals surface area contributed by atoms with Gasteiger partial charge in [0.25, 0.3) is 0 Å². The second-order valence-corrected chi connectivity index (χ2v) is 6.32. The summed E-state index contributed by atoms with van der Waals surface area (Å²) in [6.45, 7) is 9.35. The van der Waals surface area contributed by atoms with Crippen LogP contribution in [-0.4, -0.2) is 16.9 Å². The van der Waals surface area contributed by atoms with Gasteiger partial charge in [-0.15, -0.1) is 0 Å². The molecule has 0 spiro atoms. The van der Waals surface area contributed by atoms with Crippen LogP contribution < -0.4 is 5.32 Å². The Morgan fingerprint density at radius 1 is 1.30 bits per heavy atom. The fourth-order valence-electron chi connectivity index (χ4n) is 2.86. The Kier molecular flexibility index (Phi) is 4.66. The van der Waals surface area contributed by atoms with Gasteiger partial charge in [-0.05, 0) is 31.9 Å². The van der Waals surface area contributed by atoms with Crippen molar-refractivity contribution in [3.8, 4) is 6.07 Å². The summed E-state index contributed by atoms with van der Waals surface area (Å²) in [5.41, 5.74) is 2.75. The number of rotatable bonds is 4. The van der Waals surface area contributed by atoms with Crippen LogP contribution in [0.4, 0.5) is 0 Å². The summed E-state index contributed by atoms with van der Waals surface area (Å²) in [6.07, 6.45) is -1.50. The molecule has 3 atom stereocenters. The van der Waals surface area contributed by atoms with Crippen molar-refractivity contribution in [2.24, 2.45) is 11.8 Å². The van der Waals surface area contributed by atoms with Gasteiger partial charge in [-0.3, -0.25) is 4.79 Å². The van der Waals surface area contributed by atoms with Crippen molar-refractivity contribution in [1.82, 2.24) is 10.2 Å². The molecule has 1 N–H and O–H groups in total. The number of nitrogens with one attached hydrogen (secondary N) is 1. The zero-order valence-corrected chi connectivity index (χ0v) is 14.4. The van der Waals surface area contributed by atoms with E-state index in [0.29, 0.717) is 0 Å². The number of carbonyl (C=O) groups is 1. The molecule has 0 aliphatic carbocycles. The van der Waals surface area contributed by atoms with Gasteiger partial charge in [0.15, 0.2) is 0 Å². The third-order valence-corrected chi connectivity index (χ3v) is 4.47. The number of nitrogens with zero attached hydrogens (tertiary/aromatic N) is 2. The van der Waals surface area contributed by atoms with Crippen LogP contribution in [-0.2, 0) is 4.79 Å².